The molecule has 4 unspecified atom stereocenters. The maximum absolute atomic E-state index is 14.1. The van der Waals surface area contributed by atoms with Crippen LogP contribution in [0.25, 0.3) is 10.8 Å². The van der Waals surface area contributed by atoms with Gasteiger partial charge in [0.25, 0.3) is 5.56 Å². The van der Waals surface area contributed by atoms with E-state index < -0.39 is 23.0 Å². The molecule has 2 bridgehead atoms. The first-order chi connectivity index (χ1) is 18.1. The summed E-state index contributed by atoms with van der Waals surface area (Å²) >= 11 is 0. The monoisotopic (exact) mass is 510 g/mol. The first-order valence-corrected chi connectivity index (χ1v) is 13.2. The summed E-state index contributed by atoms with van der Waals surface area (Å²) in [6.07, 6.45) is 1.71. The molecule has 4 atom stereocenters. The fourth-order valence-corrected chi connectivity index (χ4v) is 7.02. The zero-order valence-corrected chi connectivity index (χ0v) is 22.0. The third-order valence-electron chi connectivity index (χ3n) is 8.71. The summed E-state index contributed by atoms with van der Waals surface area (Å²) in [6, 6.07) is 14.8. The molecule has 8 heteroatoms. The van der Waals surface area contributed by atoms with Crippen LogP contribution >= 0.6 is 0 Å². The van der Waals surface area contributed by atoms with Crippen molar-refractivity contribution in [1.82, 2.24) is 9.55 Å². The van der Waals surface area contributed by atoms with Gasteiger partial charge < -0.3 is 4.74 Å². The number of nitriles is 1. The van der Waals surface area contributed by atoms with Crippen LogP contribution in [0.15, 0.2) is 47.3 Å². The van der Waals surface area contributed by atoms with Crippen molar-refractivity contribution in [3.8, 4) is 6.07 Å². The van der Waals surface area contributed by atoms with E-state index in [0.29, 0.717) is 54.0 Å². The fourth-order valence-electron chi connectivity index (χ4n) is 7.02. The zero-order chi connectivity index (χ0) is 27.0. The molecule has 3 saturated heterocycles. The minimum absolute atomic E-state index is 0.0497. The lowest BCUT2D eigenvalue weighted by atomic mass is 9.67. The number of ether oxygens (including phenoxy) is 1. The van der Waals surface area contributed by atoms with Crippen LogP contribution in [-0.2, 0) is 20.9 Å². The van der Waals surface area contributed by atoms with Crippen LogP contribution in [0.3, 0.4) is 0 Å². The quantitative estimate of drug-likeness (QED) is 0.476. The van der Waals surface area contributed by atoms with Crippen molar-refractivity contribution in [3.05, 3.63) is 69.9 Å². The number of hydrogen-bond acceptors (Lipinski definition) is 6. The summed E-state index contributed by atoms with van der Waals surface area (Å²) in [5.74, 6) is -1.18. The van der Waals surface area contributed by atoms with Crippen molar-refractivity contribution in [2.24, 2.45) is 11.8 Å². The highest BCUT2D eigenvalue weighted by Crippen LogP contribution is 2.62. The highest BCUT2D eigenvalue weighted by molar-refractivity contribution is 6.24. The minimum Gasteiger partial charge on any atom is -0.367 e. The molecule has 8 nitrogen and oxygen atoms in total. The summed E-state index contributed by atoms with van der Waals surface area (Å²) in [7, 11) is 0. The average Bonchev–Trinajstić information content (AvgIpc) is 3.46. The van der Waals surface area contributed by atoms with E-state index in [0.717, 1.165) is 5.39 Å². The third-order valence-corrected chi connectivity index (χ3v) is 8.71. The second kappa shape index (κ2) is 8.34. The van der Waals surface area contributed by atoms with Crippen molar-refractivity contribution in [3.63, 3.8) is 0 Å². The predicted octanol–water partition coefficient (Wildman–Crippen LogP) is 4.22. The van der Waals surface area contributed by atoms with Gasteiger partial charge in [-0.25, -0.2) is 9.88 Å². The molecule has 0 spiro atoms. The Balaban J connectivity index is 1.39. The molecule has 1 aromatic heterocycles. The van der Waals surface area contributed by atoms with E-state index >= 15 is 0 Å². The normalized spacial score (nSPS) is 27.9. The Bertz CT molecular complexity index is 1620. The van der Waals surface area contributed by atoms with E-state index in [4.69, 9.17) is 4.74 Å². The van der Waals surface area contributed by atoms with E-state index in [1.54, 1.807) is 10.6 Å². The smallest absolute Gasteiger partial charge is 0.253 e. The van der Waals surface area contributed by atoms with Crippen molar-refractivity contribution < 1.29 is 14.3 Å². The summed E-state index contributed by atoms with van der Waals surface area (Å²) in [6.45, 7) is 8.07. The van der Waals surface area contributed by atoms with E-state index in [1.165, 1.54) is 11.0 Å². The number of hydrogen-bond donors (Lipinski definition) is 0. The fraction of sp³-hybridized carbons (Fsp3) is 0.433. The highest BCUT2D eigenvalue weighted by atomic mass is 16.5. The number of imide groups is 1. The second-order valence-electron chi connectivity index (χ2n) is 11.4. The SMILES string of the molecule is Cc1cc(=O)n(CCC23CCC(C)(O2)C2C(=O)N(c4ccc5ccccc5c4C#N)C(=O)C23)c(C(C)C)n1. The summed E-state index contributed by atoms with van der Waals surface area (Å²) < 4.78 is 8.26. The first kappa shape index (κ1) is 24.5. The van der Waals surface area contributed by atoms with Crippen LogP contribution < -0.4 is 10.5 Å². The number of fused-ring (bicyclic) bond motifs is 6. The molecule has 3 aliphatic rings. The topological polar surface area (TPSA) is 105 Å². The Morgan fingerprint density at radius 2 is 1.84 bits per heavy atom. The van der Waals surface area contributed by atoms with E-state index in [9.17, 15) is 19.6 Å². The molecule has 3 aromatic rings. The Morgan fingerprint density at radius 3 is 2.58 bits per heavy atom. The standard InChI is InChI=1S/C30H30N4O4/c1-17(2)26-32-18(3)15-23(35)33(26)14-13-30-12-11-29(4,38-30)24-25(30)28(37)34(27(24)36)22-10-9-19-7-5-6-8-20(19)21(22)16-31/h5-10,15,17,24-25H,11-14H2,1-4H3. The number of aryl methyl sites for hydroxylation is 1. The van der Waals surface area contributed by atoms with E-state index in [-0.39, 0.29) is 23.3 Å². The van der Waals surface area contributed by atoms with Gasteiger partial charge in [0.15, 0.2) is 0 Å². The molecule has 3 fully saturated rings. The van der Waals surface area contributed by atoms with Gasteiger partial charge in [-0.05, 0) is 44.6 Å². The van der Waals surface area contributed by atoms with Gasteiger partial charge in [-0.3, -0.25) is 19.0 Å². The number of carbonyl (C=O) groups excluding carboxylic acids is 2. The molecule has 2 aromatic carbocycles. The summed E-state index contributed by atoms with van der Waals surface area (Å²) in [4.78, 5) is 46.7. The Labute approximate surface area is 220 Å². The predicted molar refractivity (Wildman–Crippen MR) is 142 cm³/mol. The minimum atomic E-state index is -0.858. The molecule has 3 aliphatic heterocycles. The molecule has 0 radical (unpaired) electrons. The number of amides is 2. The Morgan fingerprint density at radius 1 is 1.11 bits per heavy atom. The largest absolute Gasteiger partial charge is 0.367 e. The van der Waals surface area contributed by atoms with Gasteiger partial charge in [0, 0.05) is 29.6 Å². The molecule has 0 saturated carbocycles. The number of rotatable bonds is 5. The molecular formula is C30H30N4O4. The van der Waals surface area contributed by atoms with E-state index in [2.05, 4.69) is 11.1 Å². The Kier molecular flexibility index (Phi) is 5.38. The highest BCUT2D eigenvalue weighted by Gasteiger charge is 2.73. The number of benzene rings is 2. The van der Waals surface area contributed by atoms with Crippen molar-refractivity contribution >= 4 is 28.3 Å². The van der Waals surface area contributed by atoms with Gasteiger partial charge in [0.2, 0.25) is 11.8 Å². The number of aromatic nitrogens is 2. The summed E-state index contributed by atoms with van der Waals surface area (Å²) in [5, 5.41) is 11.6. The van der Waals surface area contributed by atoms with Gasteiger partial charge in [-0.15, -0.1) is 0 Å². The molecule has 0 aliphatic carbocycles. The molecule has 0 N–H and O–H groups in total. The average molecular weight is 511 g/mol. The molecule has 38 heavy (non-hydrogen) atoms. The van der Waals surface area contributed by atoms with E-state index in [1.807, 2.05) is 58.0 Å². The van der Waals surface area contributed by atoms with Crippen molar-refractivity contribution in [2.75, 3.05) is 4.90 Å². The molecular weight excluding hydrogens is 480 g/mol. The first-order valence-electron chi connectivity index (χ1n) is 13.2. The maximum atomic E-state index is 14.1. The van der Waals surface area contributed by atoms with Gasteiger partial charge in [0.05, 0.1) is 34.3 Å². The van der Waals surface area contributed by atoms with Gasteiger partial charge in [0.1, 0.15) is 11.9 Å². The van der Waals surface area contributed by atoms with Crippen LogP contribution in [0.2, 0.25) is 0 Å². The lowest BCUT2D eigenvalue weighted by molar-refractivity contribution is -0.131. The van der Waals surface area contributed by atoms with Crippen LogP contribution in [-0.4, -0.2) is 32.6 Å². The molecule has 2 amide bonds. The van der Waals surface area contributed by atoms with Crippen LogP contribution in [0.4, 0.5) is 5.69 Å². The second-order valence-corrected chi connectivity index (χ2v) is 11.4. The number of nitrogens with zero attached hydrogens (tertiary/aromatic N) is 4. The molecule has 194 valence electrons. The van der Waals surface area contributed by atoms with Crippen LogP contribution in [0.5, 0.6) is 0 Å². The van der Waals surface area contributed by atoms with Crippen LogP contribution in [0, 0.1) is 30.1 Å². The van der Waals surface area contributed by atoms with Crippen molar-refractivity contribution in [1.29, 1.82) is 5.26 Å². The lowest BCUT2D eigenvalue weighted by Crippen LogP contribution is -2.43. The number of anilines is 1. The maximum Gasteiger partial charge on any atom is 0.253 e. The Hall–Kier alpha value is -3.83. The molecule has 4 heterocycles. The number of carbonyl (C=O) groups is 2. The third kappa shape index (κ3) is 3.31. The van der Waals surface area contributed by atoms with Crippen molar-refractivity contribution in [2.45, 2.75) is 70.6 Å². The van der Waals surface area contributed by atoms with Crippen LogP contribution in [0.1, 0.15) is 63.0 Å². The lowest BCUT2D eigenvalue weighted by Gasteiger charge is -2.31. The van der Waals surface area contributed by atoms with Gasteiger partial charge in [-0.1, -0.05) is 44.2 Å². The molecule has 6 rings (SSSR count). The summed E-state index contributed by atoms with van der Waals surface area (Å²) in [5.41, 5.74) is -0.435. The zero-order valence-electron chi connectivity index (χ0n) is 22.0. The van der Waals surface area contributed by atoms with Gasteiger partial charge in [-0.2, -0.15) is 5.26 Å². The van der Waals surface area contributed by atoms with Gasteiger partial charge >= 0.3 is 0 Å².